The first-order valence-electron chi connectivity index (χ1n) is 10.8. The molecule has 4 rings (SSSR count). The topological polar surface area (TPSA) is 73.7 Å². The smallest absolute Gasteiger partial charge is 0.320 e. The SMILES string of the molecule is O=C(NCc1ccccc1Cn1ccnc1)N1CCN(C(=O)N2CCCCC2)CC1. The van der Waals surface area contributed by atoms with E-state index in [1.54, 1.807) is 17.4 Å². The predicted octanol–water partition coefficient (Wildman–Crippen LogP) is 2.36. The Balaban J connectivity index is 1.26. The molecule has 1 N–H and O–H groups in total. The monoisotopic (exact) mass is 410 g/mol. The van der Waals surface area contributed by atoms with Crippen molar-refractivity contribution in [1.29, 1.82) is 0 Å². The average molecular weight is 411 g/mol. The number of nitrogens with one attached hydrogen (secondary N) is 1. The van der Waals surface area contributed by atoms with Crippen LogP contribution in [0.5, 0.6) is 0 Å². The zero-order valence-corrected chi connectivity index (χ0v) is 17.4. The highest BCUT2D eigenvalue weighted by Gasteiger charge is 2.27. The second kappa shape index (κ2) is 9.65. The number of benzene rings is 1. The number of likely N-dealkylation sites (tertiary alicyclic amines) is 1. The average Bonchev–Trinajstić information content (AvgIpc) is 3.31. The maximum Gasteiger partial charge on any atom is 0.320 e. The molecule has 3 heterocycles. The summed E-state index contributed by atoms with van der Waals surface area (Å²) >= 11 is 0. The molecule has 1 aromatic carbocycles. The highest BCUT2D eigenvalue weighted by atomic mass is 16.2. The maximum absolute atomic E-state index is 12.7. The van der Waals surface area contributed by atoms with Gasteiger partial charge in [-0.25, -0.2) is 14.6 Å². The summed E-state index contributed by atoms with van der Waals surface area (Å²) in [5, 5.41) is 3.04. The largest absolute Gasteiger partial charge is 0.334 e. The molecule has 2 fully saturated rings. The van der Waals surface area contributed by atoms with Crippen LogP contribution < -0.4 is 5.32 Å². The first kappa shape index (κ1) is 20.3. The van der Waals surface area contributed by atoms with Gasteiger partial charge in [-0.3, -0.25) is 0 Å². The molecule has 8 heteroatoms. The molecular weight excluding hydrogens is 380 g/mol. The van der Waals surface area contributed by atoms with Crippen molar-refractivity contribution in [2.45, 2.75) is 32.4 Å². The van der Waals surface area contributed by atoms with E-state index in [-0.39, 0.29) is 12.1 Å². The van der Waals surface area contributed by atoms with E-state index in [0.717, 1.165) is 43.6 Å². The molecule has 2 aliphatic heterocycles. The van der Waals surface area contributed by atoms with E-state index in [1.165, 1.54) is 6.42 Å². The van der Waals surface area contributed by atoms with Crippen molar-refractivity contribution >= 4 is 12.1 Å². The summed E-state index contributed by atoms with van der Waals surface area (Å²) in [6, 6.07) is 8.18. The van der Waals surface area contributed by atoms with E-state index in [4.69, 9.17) is 0 Å². The van der Waals surface area contributed by atoms with Crippen LogP contribution in [0.15, 0.2) is 43.0 Å². The quantitative estimate of drug-likeness (QED) is 0.841. The molecular formula is C22H30N6O2. The van der Waals surface area contributed by atoms with E-state index in [2.05, 4.69) is 16.4 Å². The molecule has 160 valence electrons. The summed E-state index contributed by atoms with van der Waals surface area (Å²) in [5.74, 6) is 0. The minimum atomic E-state index is -0.0718. The van der Waals surface area contributed by atoms with Gasteiger partial charge in [0, 0.05) is 64.8 Å². The fourth-order valence-corrected chi connectivity index (χ4v) is 4.13. The Hall–Kier alpha value is -3.03. The summed E-state index contributed by atoms with van der Waals surface area (Å²) < 4.78 is 2.01. The first-order valence-corrected chi connectivity index (χ1v) is 10.8. The molecule has 0 atom stereocenters. The molecule has 0 unspecified atom stereocenters. The first-order chi connectivity index (χ1) is 14.7. The van der Waals surface area contributed by atoms with Gasteiger partial charge in [-0.2, -0.15) is 0 Å². The maximum atomic E-state index is 12.7. The molecule has 0 spiro atoms. The van der Waals surface area contributed by atoms with E-state index in [0.29, 0.717) is 32.7 Å². The van der Waals surface area contributed by atoms with Gasteiger partial charge in [0.05, 0.1) is 6.33 Å². The highest BCUT2D eigenvalue weighted by molar-refractivity contribution is 5.76. The lowest BCUT2D eigenvalue weighted by Crippen LogP contribution is -2.56. The number of aromatic nitrogens is 2. The van der Waals surface area contributed by atoms with Gasteiger partial charge in [0.1, 0.15) is 0 Å². The highest BCUT2D eigenvalue weighted by Crippen LogP contribution is 2.14. The Morgan fingerprint density at radius 2 is 1.53 bits per heavy atom. The van der Waals surface area contributed by atoms with Crippen LogP contribution in [0.2, 0.25) is 0 Å². The van der Waals surface area contributed by atoms with E-state index in [1.807, 2.05) is 38.8 Å². The van der Waals surface area contributed by atoms with Gasteiger partial charge >= 0.3 is 12.1 Å². The van der Waals surface area contributed by atoms with Crippen LogP contribution in [0.25, 0.3) is 0 Å². The Labute approximate surface area is 177 Å². The zero-order chi connectivity index (χ0) is 20.8. The molecule has 2 saturated heterocycles. The summed E-state index contributed by atoms with van der Waals surface area (Å²) in [5.41, 5.74) is 2.26. The lowest BCUT2D eigenvalue weighted by atomic mass is 10.1. The zero-order valence-electron chi connectivity index (χ0n) is 17.4. The van der Waals surface area contributed by atoms with Crippen LogP contribution in [0.4, 0.5) is 9.59 Å². The Morgan fingerprint density at radius 1 is 0.867 bits per heavy atom. The van der Waals surface area contributed by atoms with Crippen molar-refractivity contribution in [2.24, 2.45) is 0 Å². The molecule has 0 radical (unpaired) electrons. The lowest BCUT2D eigenvalue weighted by Gasteiger charge is -2.38. The molecule has 2 aliphatic rings. The fraction of sp³-hybridized carbons (Fsp3) is 0.500. The van der Waals surface area contributed by atoms with Crippen molar-refractivity contribution in [3.8, 4) is 0 Å². The van der Waals surface area contributed by atoms with Crippen LogP contribution in [-0.4, -0.2) is 75.6 Å². The molecule has 0 saturated carbocycles. The summed E-state index contributed by atoms with van der Waals surface area (Å²) in [7, 11) is 0. The minimum absolute atomic E-state index is 0.0718. The molecule has 30 heavy (non-hydrogen) atoms. The van der Waals surface area contributed by atoms with Gasteiger partial charge in [-0.1, -0.05) is 24.3 Å². The van der Waals surface area contributed by atoms with Crippen LogP contribution in [0, 0.1) is 0 Å². The number of carbonyl (C=O) groups excluding carboxylic acids is 2. The number of piperazine rings is 1. The molecule has 1 aromatic heterocycles. The van der Waals surface area contributed by atoms with Gasteiger partial charge in [0.15, 0.2) is 0 Å². The van der Waals surface area contributed by atoms with E-state index in [9.17, 15) is 9.59 Å². The van der Waals surface area contributed by atoms with Crippen molar-refractivity contribution in [2.75, 3.05) is 39.3 Å². The van der Waals surface area contributed by atoms with Gasteiger partial charge in [0.2, 0.25) is 0 Å². The number of carbonyl (C=O) groups is 2. The van der Waals surface area contributed by atoms with Crippen LogP contribution >= 0.6 is 0 Å². The van der Waals surface area contributed by atoms with Crippen molar-refractivity contribution in [1.82, 2.24) is 29.6 Å². The van der Waals surface area contributed by atoms with E-state index >= 15 is 0 Å². The van der Waals surface area contributed by atoms with Crippen LogP contribution in [0.3, 0.4) is 0 Å². The Morgan fingerprint density at radius 3 is 2.23 bits per heavy atom. The standard InChI is InChI=1S/C22H30N6O2/c29-21(24-16-19-6-2-3-7-20(19)17-25-11-8-23-18-25)26-12-14-28(15-13-26)22(30)27-9-4-1-5-10-27/h2-3,6-8,11,18H,1,4-5,9-10,12-17H2,(H,24,29). The number of imidazole rings is 1. The van der Waals surface area contributed by atoms with Gasteiger partial charge in [0.25, 0.3) is 0 Å². The van der Waals surface area contributed by atoms with Gasteiger partial charge in [-0.15, -0.1) is 0 Å². The number of urea groups is 2. The number of nitrogens with zero attached hydrogens (tertiary/aromatic N) is 5. The minimum Gasteiger partial charge on any atom is -0.334 e. The third-order valence-corrected chi connectivity index (χ3v) is 5.92. The molecule has 4 amide bonds. The number of hydrogen-bond donors (Lipinski definition) is 1. The second-order valence-corrected chi connectivity index (χ2v) is 7.97. The number of piperidine rings is 1. The van der Waals surface area contributed by atoms with E-state index < -0.39 is 0 Å². The van der Waals surface area contributed by atoms with Crippen molar-refractivity contribution in [3.63, 3.8) is 0 Å². The molecule has 0 aliphatic carbocycles. The summed E-state index contributed by atoms with van der Waals surface area (Å²) in [4.78, 5) is 35.0. The normalized spacial score (nSPS) is 17.1. The summed E-state index contributed by atoms with van der Waals surface area (Å²) in [6.07, 6.45) is 8.89. The number of amides is 4. The van der Waals surface area contributed by atoms with Crippen molar-refractivity contribution < 1.29 is 9.59 Å². The van der Waals surface area contributed by atoms with Gasteiger partial charge < -0.3 is 24.6 Å². The number of rotatable bonds is 4. The predicted molar refractivity (Wildman–Crippen MR) is 114 cm³/mol. The second-order valence-electron chi connectivity index (χ2n) is 7.97. The Kier molecular flexibility index (Phi) is 6.51. The molecule has 2 aromatic rings. The summed E-state index contributed by atoms with van der Waals surface area (Å²) in [6.45, 7) is 5.26. The molecule has 8 nitrogen and oxygen atoms in total. The Bertz CT molecular complexity index is 839. The fourth-order valence-electron chi connectivity index (χ4n) is 4.13. The van der Waals surface area contributed by atoms with Crippen LogP contribution in [0.1, 0.15) is 30.4 Å². The third-order valence-electron chi connectivity index (χ3n) is 5.92. The van der Waals surface area contributed by atoms with Crippen molar-refractivity contribution in [3.05, 3.63) is 54.1 Å². The van der Waals surface area contributed by atoms with Crippen LogP contribution in [-0.2, 0) is 13.1 Å². The third kappa shape index (κ3) is 4.93. The number of hydrogen-bond acceptors (Lipinski definition) is 3. The lowest BCUT2D eigenvalue weighted by molar-refractivity contribution is 0.113. The van der Waals surface area contributed by atoms with Gasteiger partial charge in [-0.05, 0) is 30.4 Å². The molecule has 0 bridgehead atoms.